The Kier molecular flexibility index (Phi) is 6.98. The van der Waals surface area contributed by atoms with E-state index in [1.165, 1.54) is 12.1 Å². The molecule has 0 aliphatic carbocycles. The molecular weight excluding hydrogens is 364 g/mol. The highest BCUT2D eigenvalue weighted by Gasteiger charge is 2.16. The van der Waals surface area contributed by atoms with Crippen molar-refractivity contribution in [3.8, 4) is 5.75 Å². The summed E-state index contributed by atoms with van der Waals surface area (Å²) in [5.74, 6) is 0.362. The van der Waals surface area contributed by atoms with Crippen LogP contribution < -0.4 is 15.0 Å². The van der Waals surface area contributed by atoms with E-state index < -0.39 is 15.9 Å². The van der Waals surface area contributed by atoms with Crippen LogP contribution >= 0.6 is 0 Å². The maximum Gasteiger partial charge on any atom is 0.272 e. The standard InChI is InChI=1S/C20H26N2O4S/c1-5-15(3)17-8-10-18(11-9-17)27(24,25)22-21-20(23)13-26-19-12-14(2)6-7-16(19)4/h6-12,15,22H,5,13H2,1-4H3,(H,21,23)/t15-/m0/s1. The van der Waals surface area contributed by atoms with Crippen LogP contribution in [-0.4, -0.2) is 20.9 Å². The van der Waals surface area contributed by atoms with Crippen molar-refractivity contribution >= 4 is 15.9 Å². The van der Waals surface area contributed by atoms with Crippen molar-refractivity contribution in [1.29, 1.82) is 0 Å². The molecule has 1 atom stereocenters. The van der Waals surface area contributed by atoms with Gasteiger partial charge in [0.25, 0.3) is 15.9 Å². The van der Waals surface area contributed by atoms with Crippen LogP contribution in [0.1, 0.15) is 42.9 Å². The Balaban J connectivity index is 1.92. The van der Waals surface area contributed by atoms with Gasteiger partial charge in [-0.1, -0.05) is 38.1 Å². The molecule has 7 heteroatoms. The van der Waals surface area contributed by atoms with Crippen molar-refractivity contribution in [2.24, 2.45) is 0 Å². The Bertz CT molecular complexity index is 893. The van der Waals surface area contributed by atoms with Crippen molar-refractivity contribution < 1.29 is 17.9 Å². The summed E-state index contributed by atoms with van der Waals surface area (Å²) in [5.41, 5.74) is 5.15. The van der Waals surface area contributed by atoms with Gasteiger partial charge in [0.05, 0.1) is 4.90 Å². The monoisotopic (exact) mass is 390 g/mol. The van der Waals surface area contributed by atoms with Crippen molar-refractivity contribution in [3.63, 3.8) is 0 Å². The molecule has 2 N–H and O–H groups in total. The fourth-order valence-corrected chi connectivity index (χ4v) is 3.30. The van der Waals surface area contributed by atoms with Gasteiger partial charge in [-0.15, -0.1) is 4.83 Å². The molecule has 0 saturated carbocycles. The molecule has 146 valence electrons. The molecule has 6 nitrogen and oxygen atoms in total. The largest absolute Gasteiger partial charge is 0.483 e. The van der Waals surface area contributed by atoms with Crippen LogP contribution in [0.25, 0.3) is 0 Å². The van der Waals surface area contributed by atoms with Gasteiger partial charge in [0.15, 0.2) is 6.61 Å². The van der Waals surface area contributed by atoms with E-state index in [1.807, 2.05) is 32.0 Å². The Morgan fingerprint density at radius 3 is 2.41 bits per heavy atom. The minimum atomic E-state index is -3.84. The van der Waals surface area contributed by atoms with Crippen molar-refractivity contribution in [1.82, 2.24) is 10.3 Å². The molecule has 0 saturated heterocycles. The predicted molar refractivity (Wildman–Crippen MR) is 105 cm³/mol. The molecule has 2 rings (SSSR count). The van der Waals surface area contributed by atoms with Crippen molar-refractivity contribution in [3.05, 3.63) is 59.2 Å². The average molecular weight is 391 g/mol. The molecule has 2 aromatic carbocycles. The second kappa shape index (κ2) is 9.01. The number of carbonyl (C=O) groups is 1. The number of sulfonamides is 1. The Hall–Kier alpha value is -2.38. The van der Waals surface area contributed by atoms with Crippen LogP contribution in [0.5, 0.6) is 5.75 Å². The maximum atomic E-state index is 12.3. The van der Waals surface area contributed by atoms with E-state index in [0.717, 1.165) is 23.1 Å². The quantitative estimate of drug-likeness (QED) is 0.678. The lowest BCUT2D eigenvalue weighted by atomic mass is 9.99. The van der Waals surface area contributed by atoms with Crippen molar-refractivity contribution in [2.45, 2.75) is 44.9 Å². The highest BCUT2D eigenvalue weighted by molar-refractivity contribution is 7.89. The number of hydrogen-bond donors (Lipinski definition) is 2. The van der Waals surface area contributed by atoms with Crippen LogP contribution in [0.2, 0.25) is 0 Å². The minimum Gasteiger partial charge on any atom is -0.483 e. The zero-order valence-corrected chi connectivity index (χ0v) is 16.9. The molecule has 2 aromatic rings. The summed E-state index contributed by atoms with van der Waals surface area (Å²) in [6, 6.07) is 12.3. The molecule has 27 heavy (non-hydrogen) atoms. The van der Waals surface area contributed by atoms with E-state index in [9.17, 15) is 13.2 Å². The summed E-state index contributed by atoms with van der Waals surface area (Å²) < 4.78 is 30.0. The second-order valence-corrected chi connectivity index (χ2v) is 8.27. The predicted octanol–water partition coefficient (Wildman–Crippen LogP) is 3.21. The Labute approximate surface area is 161 Å². The Morgan fingerprint density at radius 1 is 1.11 bits per heavy atom. The van der Waals surface area contributed by atoms with Gasteiger partial charge in [-0.05, 0) is 61.1 Å². The van der Waals surface area contributed by atoms with Gasteiger partial charge in [-0.2, -0.15) is 0 Å². The van der Waals surface area contributed by atoms with Gasteiger partial charge in [0.2, 0.25) is 0 Å². The number of rotatable bonds is 8. The number of benzene rings is 2. The third-order valence-electron chi connectivity index (χ3n) is 4.40. The van der Waals surface area contributed by atoms with Crippen LogP contribution in [0.3, 0.4) is 0 Å². The minimum absolute atomic E-state index is 0.0882. The van der Waals surface area contributed by atoms with E-state index >= 15 is 0 Å². The van der Waals surface area contributed by atoms with Crippen LogP contribution in [0, 0.1) is 13.8 Å². The number of hydrazine groups is 1. The van der Waals surface area contributed by atoms with E-state index in [1.54, 1.807) is 12.1 Å². The summed E-state index contributed by atoms with van der Waals surface area (Å²) in [6.45, 7) is 7.66. The third-order valence-corrected chi connectivity index (χ3v) is 5.66. The molecule has 0 fully saturated rings. The van der Waals surface area contributed by atoms with Crippen molar-refractivity contribution in [2.75, 3.05) is 6.61 Å². The van der Waals surface area contributed by atoms with E-state index in [-0.39, 0.29) is 11.5 Å². The lowest BCUT2D eigenvalue weighted by molar-refractivity contribution is -0.123. The van der Waals surface area contributed by atoms with E-state index in [0.29, 0.717) is 11.7 Å². The third kappa shape index (κ3) is 5.80. The first kappa shape index (κ1) is 20.9. The molecule has 0 aliphatic rings. The van der Waals surface area contributed by atoms with Crippen LogP contribution in [-0.2, 0) is 14.8 Å². The molecule has 0 spiro atoms. The first-order valence-electron chi connectivity index (χ1n) is 8.83. The van der Waals surface area contributed by atoms with Crippen LogP contribution in [0.15, 0.2) is 47.4 Å². The zero-order chi connectivity index (χ0) is 20.0. The first-order valence-corrected chi connectivity index (χ1v) is 10.3. The normalized spacial score (nSPS) is 12.4. The fraction of sp³-hybridized carbons (Fsp3) is 0.350. The molecule has 1 amide bonds. The number of ether oxygens (including phenoxy) is 1. The van der Waals surface area contributed by atoms with Gasteiger partial charge >= 0.3 is 0 Å². The first-order chi connectivity index (χ1) is 12.7. The summed E-state index contributed by atoms with van der Waals surface area (Å²) in [4.78, 5) is 14.1. The van der Waals surface area contributed by atoms with Gasteiger partial charge < -0.3 is 4.74 Å². The average Bonchev–Trinajstić information content (AvgIpc) is 2.66. The highest BCUT2D eigenvalue weighted by Crippen LogP contribution is 2.20. The number of nitrogens with one attached hydrogen (secondary N) is 2. The molecule has 0 bridgehead atoms. The van der Waals surface area contributed by atoms with E-state index in [2.05, 4.69) is 24.1 Å². The number of hydrogen-bond acceptors (Lipinski definition) is 4. The van der Waals surface area contributed by atoms with E-state index in [4.69, 9.17) is 4.74 Å². The van der Waals surface area contributed by atoms with Crippen LogP contribution in [0.4, 0.5) is 0 Å². The molecule has 0 radical (unpaired) electrons. The van der Waals surface area contributed by atoms with Gasteiger partial charge in [0.1, 0.15) is 5.75 Å². The van der Waals surface area contributed by atoms with Gasteiger partial charge in [0, 0.05) is 0 Å². The van der Waals surface area contributed by atoms with Gasteiger partial charge in [-0.25, -0.2) is 8.42 Å². The maximum absolute atomic E-state index is 12.3. The molecule has 0 unspecified atom stereocenters. The molecule has 0 aromatic heterocycles. The fourth-order valence-electron chi connectivity index (χ4n) is 2.44. The number of amides is 1. The SMILES string of the molecule is CC[C@H](C)c1ccc(S(=O)(=O)NNC(=O)COc2cc(C)ccc2C)cc1. The number of aryl methyl sites for hydroxylation is 2. The smallest absolute Gasteiger partial charge is 0.272 e. The lowest BCUT2D eigenvalue weighted by Gasteiger charge is -2.12. The summed E-state index contributed by atoms with van der Waals surface area (Å²) in [7, 11) is -3.84. The molecule has 0 heterocycles. The topological polar surface area (TPSA) is 84.5 Å². The Morgan fingerprint density at radius 2 is 1.78 bits per heavy atom. The lowest BCUT2D eigenvalue weighted by Crippen LogP contribution is -2.43. The highest BCUT2D eigenvalue weighted by atomic mass is 32.2. The zero-order valence-electron chi connectivity index (χ0n) is 16.1. The summed E-state index contributed by atoms with van der Waals surface area (Å²) in [5, 5.41) is 0. The summed E-state index contributed by atoms with van der Waals surface area (Å²) in [6.07, 6.45) is 0.973. The summed E-state index contributed by atoms with van der Waals surface area (Å²) >= 11 is 0. The van der Waals surface area contributed by atoms with Gasteiger partial charge in [-0.3, -0.25) is 10.2 Å². The second-order valence-electron chi connectivity index (χ2n) is 6.59. The molecule has 0 aliphatic heterocycles. The molecular formula is C20H26N2O4S. The number of carbonyl (C=O) groups excluding carboxylic acids is 1.